The molecule has 2 aromatic heterocycles. The number of aromatic nitrogens is 3. The van der Waals surface area contributed by atoms with E-state index in [4.69, 9.17) is 0 Å². The molecule has 0 bridgehead atoms. The Balaban J connectivity index is 1.39. The monoisotopic (exact) mass is 446 g/mol. The molecule has 0 aliphatic rings. The second-order valence-corrected chi connectivity index (χ2v) is 8.90. The van der Waals surface area contributed by atoms with Crippen LogP contribution in [0.3, 0.4) is 0 Å². The zero-order valence-electron chi connectivity index (χ0n) is 17.3. The lowest BCUT2D eigenvalue weighted by Crippen LogP contribution is -2.25. The Morgan fingerprint density at radius 2 is 1.62 bits per heavy atom. The fourth-order valence-corrected chi connectivity index (χ4v) is 4.46. The molecular formula is C23H22N6O2S. The zero-order valence-corrected chi connectivity index (χ0v) is 18.1. The quantitative estimate of drug-likeness (QED) is 0.381. The predicted octanol–water partition coefficient (Wildman–Crippen LogP) is 3.46. The molecule has 0 atom stereocenters. The molecule has 2 N–H and O–H groups in total. The van der Waals surface area contributed by atoms with Gasteiger partial charge in [-0.25, -0.2) is 22.8 Å². The average Bonchev–Trinajstić information content (AvgIpc) is 3.27. The van der Waals surface area contributed by atoms with Gasteiger partial charge in [-0.3, -0.25) is 0 Å². The summed E-state index contributed by atoms with van der Waals surface area (Å²) in [5.74, 6) is 0. The SMILES string of the molecule is N#Cc1cnc2c(cnn2-c2ccccc2)c1NCCCCNS(=O)(=O)c1ccccc1. The Hall–Kier alpha value is -3.74. The normalized spacial score (nSPS) is 11.3. The Bertz CT molecular complexity index is 1350. The second kappa shape index (κ2) is 9.60. The van der Waals surface area contributed by atoms with Crippen LogP contribution in [0, 0.1) is 11.3 Å². The van der Waals surface area contributed by atoms with E-state index in [9.17, 15) is 13.7 Å². The molecular weight excluding hydrogens is 424 g/mol. The second-order valence-electron chi connectivity index (χ2n) is 7.13. The summed E-state index contributed by atoms with van der Waals surface area (Å²) in [5.41, 5.74) is 2.67. The predicted molar refractivity (Wildman–Crippen MR) is 123 cm³/mol. The summed E-state index contributed by atoms with van der Waals surface area (Å²) < 4.78 is 28.9. The van der Waals surface area contributed by atoms with E-state index >= 15 is 0 Å². The van der Waals surface area contributed by atoms with Gasteiger partial charge in [0, 0.05) is 19.3 Å². The fourth-order valence-electron chi connectivity index (χ4n) is 3.36. The highest BCUT2D eigenvalue weighted by molar-refractivity contribution is 7.89. The van der Waals surface area contributed by atoms with E-state index < -0.39 is 10.0 Å². The summed E-state index contributed by atoms with van der Waals surface area (Å²) in [4.78, 5) is 4.68. The minimum atomic E-state index is -3.50. The number of rotatable bonds is 9. The van der Waals surface area contributed by atoms with Gasteiger partial charge in [0.05, 0.1) is 33.4 Å². The molecule has 162 valence electrons. The number of pyridine rings is 1. The van der Waals surface area contributed by atoms with E-state index in [1.165, 1.54) is 0 Å². The molecule has 0 fully saturated rings. The number of unbranched alkanes of at least 4 members (excludes halogenated alkanes) is 1. The van der Waals surface area contributed by atoms with Crippen LogP contribution in [0.15, 0.2) is 78.0 Å². The molecule has 32 heavy (non-hydrogen) atoms. The van der Waals surface area contributed by atoms with Crippen molar-refractivity contribution in [2.75, 3.05) is 18.4 Å². The summed E-state index contributed by atoms with van der Waals surface area (Å²) in [5, 5.41) is 18.0. The maximum absolute atomic E-state index is 12.3. The highest BCUT2D eigenvalue weighted by atomic mass is 32.2. The van der Waals surface area contributed by atoms with Crippen molar-refractivity contribution in [2.45, 2.75) is 17.7 Å². The molecule has 0 saturated heterocycles. The van der Waals surface area contributed by atoms with Crippen LogP contribution in [0.1, 0.15) is 18.4 Å². The Labute approximate surface area is 186 Å². The lowest BCUT2D eigenvalue weighted by atomic mass is 10.2. The largest absolute Gasteiger partial charge is 0.383 e. The van der Waals surface area contributed by atoms with Crippen LogP contribution in [0.25, 0.3) is 16.7 Å². The van der Waals surface area contributed by atoms with E-state index in [0.29, 0.717) is 36.4 Å². The summed E-state index contributed by atoms with van der Waals surface area (Å²) in [6, 6.07) is 20.1. The van der Waals surface area contributed by atoms with Crippen molar-refractivity contribution in [3.63, 3.8) is 0 Å². The summed E-state index contributed by atoms with van der Waals surface area (Å²) >= 11 is 0. The van der Waals surface area contributed by atoms with Crippen LogP contribution in [0.4, 0.5) is 5.69 Å². The number of hydrogen-bond acceptors (Lipinski definition) is 6. The topological polar surface area (TPSA) is 113 Å². The highest BCUT2D eigenvalue weighted by Crippen LogP contribution is 2.27. The summed E-state index contributed by atoms with van der Waals surface area (Å²) in [6.45, 7) is 0.916. The van der Waals surface area contributed by atoms with Crippen molar-refractivity contribution in [2.24, 2.45) is 0 Å². The number of sulfonamides is 1. The molecule has 0 saturated carbocycles. The Morgan fingerprint density at radius 3 is 2.34 bits per heavy atom. The lowest BCUT2D eigenvalue weighted by Gasteiger charge is -2.10. The van der Waals surface area contributed by atoms with Crippen LogP contribution in [-0.4, -0.2) is 36.3 Å². The molecule has 9 heteroatoms. The van der Waals surface area contributed by atoms with Crippen molar-refractivity contribution in [3.8, 4) is 11.8 Å². The lowest BCUT2D eigenvalue weighted by molar-refractivity contribution is 0.577. The van der Waals surface area contributed by atoms with Gasteiger partial charge in [0.25, 0.3) is 0 Å². The summed E-state index contributed by atoms with van der Waals surface area (Å²) in [7, 11) is -3.50. The van der Waals surface area contributed by atoms with Gasteiger partial charge < -0.3 is 5.32 Å². The van der Waals surface area contributed by atoms with Gasteiger partial charge in [0.1, 0.15) is 6.07 Å². The number of fused-ring (bicyclic) bond motifs is 1. The maximum atomic E-state index is 12.3. The molecule has 4 aromatic rings. The minimum Gasteiger partial charge on any atom is -0.383 e. The zero-order chi connectivity index (χ0) is 22.4. The first kappa shape index (κ1) is 21.5. The smallest absolute Gasteiger partial charge is 0.240 e. The third-order valence-corrected chi connectivity index (χ3v) is 6.45. The van der Waals surface area contributed by atoms with Crippen molar-refractivity contribution >= 4 is 26.7 Å². The molecule has 4 rings (SSSR count). The number of nitrogens with zero attached hydrogens (tertiary/aromatic N) is 4. The van der Waals surface area contributed by atoms with Crippen molar-refractivity contribution in [3.05, 3.63) is 78.6 Å². The standard InChI is InChI=1S/C23H22N6O2S/c24-15-18-16-26-23-21(17-27-29(23)19-9-3-1-4-10-19)22(18)25-13-7-8-14-28-32(30,31)20-11-5-2-6-12-20/h1-6,9-12,16-17,28H,7-8,13-14H2,(H,25,26). The van der Waals surface area contributed by atoms with Gasteiger partial charge in [0.15, 0.2) is 5.65 Å². The first-order valence-electron chi connectivity index (χ1n) is 10.2. The van der Waals surface area contributed by atoms with Crippen molar-refractivity contribution in [1.29, 1.82) is 5.26 Å². The van der Waals surface area contributed by atoms with Gasteiger partial charge in [-0.15, -0.1) is 0 Å². The number of para-hydroxylation sites is 1. The van der Waals surface area contributed by atoms with E-state index in [1.54, 1.807) is 47.4 Å². The summed E-state index contributed by atoms with van der Waals surface area (Å²) in [6.07, 6.45) is 4.61. The number of nitriles is 1. The number of anilines is 1. The van der Waals surface area contributed by atoms with Gasteiger partial charge in [-0.1, -0.05) is 36.4 Å². The van der Waals surface area contributed by atoms with Crippen LogP contribution in [0.5, 0.6) is 0 Å². The van der Waals surface area contributed by atoms with E-state index in [2.05, 4.69) is 26.2 Å². The van der Waals surface area contributed by atoms with E-state index in [1.807, 2.05) is 30.3 Å². The minimum absolute atomic E-state index is 0.256. The third-order valence-electron chi connectivity index (χ3n) is 4.97. The van der Waals surface area contributed by atoms with Crippen molar-refractivity contribution < 1.29 is 8.42 Å². The number of benzene rings is 2. The van der Waals surface area contributed by atoms with Crippen molar-refractivity contribution in [1.82, 2.24) is 19.5 Å². The fraction of sp³-hybridized carbons (Fsp3) is 0.174. The highest BCUT2D eigenvalue weighted by Gasteiger charge is 2.14. The van der Waals surface area contributed by atoms with Gasteiger partial charge in [-0.2, -0.15) is 10.4 Å². The molecule has 0 unspecified atom stereocenters. The number of nitrogens with one attached hydrogen (secondary N) is 2. The first-order chi connectivity index (χ1) is 15.6. The Morgan fingerprint density at radius 1 is 0.938 bits per heavy atom. The van der Waals surface area contributed by atoms with Gasteiger partial charge in [-0.05, 0) is 37.1 Å². The Kier molecular flexibility index (Phi) is 6.44. The van der Waals surface area contributed by atoms with Crippen LogP contribution in [-0.2, 0) is 10.0 Å². The average molecular weight is 447 g/mol. The maximum Gasteiger partial charge on any atom is 0.240 e. The molecule has 0 spiro atoms. The molecule has 0 radical (unpaired) electrons. The van der Waals surface area contributed by atoms with Crippen LogP contribution >= 0.6 is 0 Å². The van der Waals surface area contributed by atoms with E-state index in [0.717, 1.165) is 17.5 Å². The molecule has 0 aliphatic carbocycles. The van der Waals surface area contributed by atoms with E-state index in [-0.39, 0.29) is 4.90 Å². The van der Waals surface area contributed by atoms with Crippen LogP contribution < -0.4 is 10.0 Å². The van der Waals surface area contributed by atoms with Gasteiger partial charge >= 0.3 is 0 Å². The molecule has 2 aromatic carbocycles. The molecule has 0 amide bonds. The van der Waals surface area contributed by atoms with Gasteiger partial charge in [0.2, 0.25) is 10.0 Å². The molecule has 2 heterocycles. The molecule has 0 aliphatic heterocycles. The first-order valence-corrected chi connectivity index (χ1v) is 11.7. The third kappa shape index (κ3) is 4.61. The number of hydrogen-bond donors (Lipinski definition) is 2. The van der Waals surface area contributed by atoms with Crippen LogP contribution in [0.2, 0.25) is 0 Å². The molecule has 8 nitrogen and oxygen atoms in total.